The van der Waals surface area contributed by atoms with E-state index in [1.807, 2.05) is 44.2 Å². The summed E-state index contributed by atoms with van der Waals surface area (Å²) in [5.74, 6) is -0.409. The second kappa shape index (κ2) is 18.6. The van der Waals surface area contributed by atoms with E-state index in [0.717, 1.165) is 10.4 Å². The molecule has 2 aliphatic heterocycles. The molecule has 3 aromatic rings. The van der Waals surface area contributed by atoms with Gasteiger partial charge in [-0.3, -0.25) is 0 Å². The topological polar surface area (TPSA) is 132 Å². The average Bonchev–Trinajstić information content (AvgIpc) is 3.46. The number of rotatable bonds is 17. The van der Waals surface area contributed by atoms with Gasteiger partial charge in [0, 0.05) is 23.7 Å². The third-order valence-corrected chi connectivity index (χ3v) is 14.0. The summed E-state index contributed by atoms with van der Waals surface area (Å²) in [4.78, 5) is 2.71. The summed E-state index contributed by atoms with van der Waals surface area (Å²) < 4.78 is 56.7. The first-order valence-corrected chi connectivity index (χ1v) is 19.8. The van der Waals surface area contributed by atoms with Gasteiger partial charge >= 0.3 is 5.24 Å². The predicted molar refractivity (Wildman–Crippen MR) is 202 cm³/mol. The summed E-state index contributed by atoms with van der Waals surface area (Å²) >= 11 is 5.63. The monoisotopic (exact) mass is 751 g/mol. The lowest BCUT2D eigenvalue weighted by Crippen LogP contribution is -2.68. The lowest BCUT2D eigenvalue weighted by molar-refractivity contribution is -0.279. The van der Waals surface area contributed by atoms with Crippen molar-refractivity contribution in [2.75, 3.05) is 46.2 Å². The number of nitrogens with zero attached hydrogens (tertiary/aromatic N) is 3. The van der Waals surface area contributed by atoms with Gasteiger partial charge in [0.05, 0.1) is 39.6 Å². The first kappa shape index (κ1) is 39.8. The Morgan fingerprint density at radius 1 is 0.827 bits per heavy atom. The molecule has 12 nitrogen and oxygen atoms in total. The summed E-state index contributed by atoms with van der Waals surface area (Å²) in [7, 11) is -2.97. The summed E-state index contributed by atoms with van der Waals surface area (Å²) in [6.45, 7) is 12.3. The SMILES string of the molecule is CC1(C)O[C@@H]2[C@H](O1)[C@@H](OCCOCCOCCN=[N+]=[N-])O[C@H](CO[Si](c1ccccc1)(c1ccccc1)C(C)(C)C)[C@H]2OC(=S)Oc1ccccc1. The van der Waals surface area contributed by atoms with E-state index in [2.05, 4.69) is 79.3 Å². The van der Waals surface area contributed by atoms with Crippen molar-refractivity contribution < 1.29 is 42.3 Å². The van der Waals surface area contributed by atoms with Crippen LogP contribution in [0.15, 0.2) is 96.1 Å². The number of hydrogen-bond acceptors (Lipinski definition) is 11. The fourth-order valence-corrected chi connectivity index (χ4v) is 11.4. The molecule has 2 heterocycles. The Bertz CT molecular complexity index is 1550. The number of azide groups is 1. The van der Waals surface area contributed by atoms with Gasteiger partial charge in [0.1, 0.15) is 24.1 Å². The van der Waals surface area contributed by atoms with Crippen molar-refractivity contribution in [2.45, 2.75) is 76.1 Å². The number of thiocarbonyl (C=S) groups is 1. The summed E-state index contributed by atoms with van der Waals surface area (Å²) in [5.41, 5.74) is 8.39. The van der Waals surface area contributed by atoms with Crippen molar-refractivity contribution in [1.29, 1.82) is 0 Å². The second-order valence-electron chi connectivity index (χ2n) is 13.9. The highest BCUT2D eigenvalue weighted by Gasteiger charge is 2.58. The molecular formula is C38H49N3O9SSi. The van der Waals surface area contributed by atoms with Crippen LogP contribution in [0.1, 0.15) is 34.6 Å². The van der Waals surface area contributed by atoms with Gasteiger partial charge < -0.3 is 42.3 Å². The van der Waals surface area contributed by atoms with Gasteiger partial charge in [-0.15, -0.1) is 0 Å². The van der Waals surface area contributed by atoms with E-state index in [4.69, 9.17) is 60.1 Å². The molecule has 5 atom stereocenters. The minimum atomic E-state index is -2.97. The van der Waals surface area contributed by atoms with Crippen molar-refractivity contribution in [3.8, 4) is 5.75 Å². The van der Waals surface area contributed by atoms with Crippen molar-refractivity contribution in [3.05, 3.63) is 101 Å². The van der Waals surface area contributed by atoms with Crippen molar-refractivity contribution >= 4 is 36.1 Å². The molecule has 280 valence electrons. The van der Waals surface area contributed by atoms with Crippen molar-refractivity contribution in [1.82, 2.24) is 0 Å². The standard InChI is InChI=1S/C38H49N3O9SSi/c1-37(2,3)52(29-17-11-7-12-18-29,30-19-13-8-14-20-30)45-27-31-32(48-36(51)46-28-15-9-6-10-16-28)33-34(50-38(4,5)49-33)35(47-31)44-26-25-43-24-23-42-22-21-40-41-39/h6-20,31-35H,21-27H2,1-5H3/t31-,32-,33+,34+,35+/m1/s1. The van der Waals surface area contributed by atoms with Crippen LogP contribution >= 0.6 is 12.2 Å². The zero-order chi connectivity index (χ0) is 37.0. The average molecular weight is 752 g/mol. The van der Waals surface area contributed by atoms with Crippen LogP contribution < -0.4 is 15.1 Å². The first-order valence-electron chi connectivity index (χ1n) is 17.5. The van der Waals surface area contributed by atoms with Crippen LogP contribution in [0.5, 0.6) is 5.75 Å². The van der Waals surface area contributed by atoms with Gasteiger partial charge in [-0.2, -0.15) is 0 Å². The molecule has 0 bridgehead atoms. The molecule has 52 heavy (non-hydrogen) atoms. The molecule has 0 saturated carbocycles. The Morgan fingerprint density at radius 3 is 1.98 bits per heavy atom. The van der Waals surface area contributed by atoms with Gasteiger partial charge in [-0.25, -0.2) is 0 Å². The van der Waals surface area contributed by atoms with Gasteiger partial charge in [0.2, 0.25) is 0 Å². The van der Waals surface area contributed by atoms with E-state index in [1.165, 1.54) is 0 Å². The molecule has 0 aliphatic carbocycles. The Balaban J connectivity index is 1.39. The van der Waals surface area contributed by atoms with Crippen LogP contribution in [-0.2, 0) is 37.6 Å². The molecular weight excluding hydrogens is 703 g/mol. The van der Waals surface area contributed by atoms with Crippen LogP contribution in [0.4, 0.5) is 0 Å². The molecule has 0 radical (unpaired) electrons. The van der Waals surface area contributed by atoms with Gasteiger partial charge in [0.25, 0.3) is 8.32 Å². The smallest absolute Gasteiger partial charge is 0.358 e. The van der Waals surface area contributed by atoms with E-state index in [0.29, 0.717) is 32.2 Å². The number of ether oxygens (including phenoxy) is 8. The van der Waals surface area contributed by atoms with Crippen LogP contribution in [-0.4, -0.2) is 96.2 Å². The lowest BCUT2D eigenvalue weighted by Gasteiger charge is -2.46. The van der Waals surface area contributed by atoms with E-state index in [1.54, 1.807) is 12.1 Å². The third-order valence-electron chi connectivity index (χ3n) is 8.77. The van der Waals surface area contributed by atoms with Crippen LogP contribution in [0, 0.1) is 0 Å². The van der Waals surface area contributed by atoms with Crippen LogP contribution in [0.3, 0.4) is 0 Å². The Labute approximate surface area is 312 Å². The minimum Gasteiger partial charge on any atom is -0.447 e. The number of hydrogen-bond donors (Lipinski definition) is 0. The molecule has 3 aromatic carbocycles. The number of benzene rings is 3. The zero-order valence-electron chi connectivity index (χ0n) is 30.4. The molecule has 0 amide bonds. The largest absolute Gasteiger partial charge is 0.447 e. The maximum atomic E-state index is 8.39. The first-order chi connectivity index (χ1) is 25.0. The summed E-state index contributed by atoms with van der Waals surface area (Å²) in [6, 6.07) is 30.0. The van der Waals surface area contributed by atoms with Crippen molar-refractivity contribution in [3.63, 3.8) is 0 Å². The normalized spacial score (nSPS) is 22.6. The van der Waals surface area contributed by atoms with E-state index < -0.39 is 44.8 Å². The van der Waals surface area contributed by atoms with Gasteiger partial charge in [-0.05, 0) is 46.9 Å². The number of para-hydroxylation sites is 1. The fourth-order valence-electron chi connectivity index (χ4n) is 6.62. The molecule has 0 aromatic heterocycles. The van der Waals surface area contributed by atoms with Crippen molar-refractivity contribution in [2.24, 2.45) is 5.11 Å². The molecule has 5 rings (SSSR count). The molecule has 2 aliphatic rings. The molecule has 14 heteroatoms. The molecule has 0 N–H and O–H groups in total. The molecule has 2 fully saturated rings. The van der Waals surface area contributed by atoms with E-state index in [9.17, 15) is 0 Å². The van der Waals surface area contributed by atoms with Crippen LogP contribution in [0.25, 0.3) is 10.4 Å². The van der Waals surface area contributed by atoms with E-state index in [-0.39, 0.29) is 30.0 Å². The van der Waals surface area contributed by atoms with E-state index >= 15 is 0 Å². The number of fused-ring (bicyclic) bond motifs is 1. The Morgan fingerprint density at radius 2 is 1.38 bits per heavy atom. The minimum absolute atomic E-state index is 0.0725. The fraction of sp³-hybridized carbons (Fsp3) is 0.500. The summed E-state index contributed by atoms with van der Waals surface area (Å²) in [5, 5.41) is 5.38. The maximum absolute atomic E-state index is 8.39. The third kappa shape index (κ3) is 10.2. The zero-order valence-corrected chi connectivity index (χ0v) is 32.2. The highest BCUT2D eigenvalue weighted by Crippen LogP contribution is 2.41. The second-order valence-corrected chi connectivity index (χ2v) is 18.5. The van der Waals surface area contributed by atoms with Gasteiger partial charge in [-0.1, -0.05) is 105 Å². The highest BCUT2D eigenvalue weighted by atomic mass is 32.1. The van der Waals surface area contributed by atoms with Gasteiger partial charge in [0.15, 0.2) is 18.2 Å². The summed E-state index contributed by atoms with van der Waals surface area (Å²) in [6.07, 6.45) is -3.57. The van der Waals surface area contributed by atoms with Crippen LogP contribution in [0.2, 0.25) is 5.04 Å². The predicted octanol–water partition coefficient (Wildman–Crippen LogP) is 5.92. The Kier molecular flexibility index (Phi) is 14.2. The Hall–Kier alpha value is -3.40. The molecule has 2 saturated heterocycles. The molecule has 0 spiro atoms. The highest BCUT2D eigenvalue weighted by molar-refractivity contribution is 7.79. The maximum Gasteiger partial charge on any atom is 0.358 e. The lowest BCUT2D eigenvalue weighted by atomic mass is 9.99. The molecule has 0 unspecified atom stereocenters. The quantitative estimate of drug-likeness (QED) is 0.0409.